The van der Waals surface area contributed by atoms with Gasteiger partial charge in [0.15, 0.2) is 5.96 Å². The molecule has 0 radical (unpaired) electrons. The maximum Gasteiger partial charge on any atom is 0.191 e. The van der Waals surface area contributed by atoms with Crippen molar-refractivity contribution in [2.24, 2.45) is 4.99 Å². The molecule has 3 aliphatic heterocycles. The number of aliphatic imine (C=N–C) groups is 1. The molecule has 0 amide bonds. The SMILES string of the molecule is CCNC(=NCC(C)N1CCOCC1C)NC1CC2CCC(C1)N2Cc1ccccc1.I. The fourth-order valence-electron chi connectivity index (χ4n) is 5.68. The van der Waals surface area contributed by atoms with Gasteiger partial charge in [0.05, 0.1) is 19.8 Å². The van der Waals surface area contributed by atoms with E-state index < -0.39 is 0 Å². The number of piperidine rings is 1. The van der Waals surface area contributed by atoms with E-state index in [4.69, 9.17) is 9.73 Å². The normalized spacial score (nSPS) is 29.9. The Morgan fingerprint density at radius 2 is 1.91 bits per heavy atom. The third-order valence-corrected chi connectivity index (χ3v) is 7.28. The predicted octanol–water partition coefficient (Wildman–Crippen LogP) is 3.46. The second-order valence-corrected chi connectivity index (χ2v) is 9.59. The van der Waals surface area contributed by atoms with Gasteiger partial charge in [-0.15, -0.1) is 24.0 Å². The van der Waals surface area contributed by atoms with E-state index >= 15 is 0 Å². The minimum Gasteiger partial charge on any atom is -0.379 e. The lowest BCUT2D eigenvalue weighted by Gasteiger charge is -2.40. The third-order valence-electron chi connectivity index (χ3n) is 7.28. The Bertz CT molecular complexity index is 704. The van der Waals surface area contributed by atoms with Gasteiger partial charge in [-0.25, -0.2) is 0 Å². The zero-order chi connectivity index (χ0) is 21.6. The van der Waals surface area contributed by atoms with Gasteiger partial charge in [-0.05, 0) is 52.0 Å². The monoisotopic (exact) mass is 555 g/mol. The molecule has 1 aromatic carbocycles. The molecule has 0 aliphatic carbocycles. The summed E-state index contributed by atoms with van der Waals surface area (Å²) in [7, 11) is 0. The number of benzene rings is 1. The number of fused-ring (bicyclic) bond motifs is 2. The van der Waals surface area contributed by atoms with E-state index in [0.29, 0.717) is 30.2 Å². The molecule has 6 nitrogen and oxygen atoms in total. The van der Waals surface area contributed by atoms with Gasteiger partial charge < -0.3 is 15.4 Å². The van der Waals surface area contributed by atoms with Crippen LogP contribution in [0.2, 0.25) is 0 Å². The fourth-order valence-corrected chi connectivity index (χ4v) is 5.68. The van der Waals surface area contributed by atoms with Crippen LogP contribution in [0.25, 0.3) is 0 Å². The number of morpholine rings is 1. The summed E-state index contributed by atoms with van der Waals surface area (Å²) in [5, 5.41) is 7.26. The van der Waals surface area contributed by atoms with Gasteiger partial charge in [0.2, 0.25) is 0 Å². The summed E-state index contributed by atoms with van der Waals surface area (Å²) in [6.45, 7) is 12.2. The van der Waals surface area contributed by atoms with Gasteiger partial charge in [0.25, 0.3) is 0 Å². The van der Waals surface area contributed by atoms with Gasteiger partial charge >= 0.3 is 0 Å². The van der Waals surface area contributed by atoms with Crippen LogP contribution in [0, 0.1) is 0 Å². The molecule has 3 fully saturated rings. The quantitative estimate of drug-likeness (QED) is 0.307. The number of hydrogen-bond acceptors (Lipinski definition) is 4. The van der Waals surface area contributed by atoms with E-state index in [1.165, 1.54) is 31.2 Å². The summed E-state index contributed by atoms with van der Waals surface area (Å²) >= 11 is 0. The van der Waals surface area contributed by atoms with Crippen molar-refractivity contribution in [1.82, 2.24) is 20.4 Å². The molecule has 180 valence electrons. The highest BCUT2D eigenvalue weighted by atomic mass is 127. The lowest BCUT2D eigenvalue weighted by Crippen LogP contribution is -2.53. The Hall–Kier alpha value is -0.900. The van der Waals surface area contributed by atoms with Crippen molar-refractivity contribution in [1.29, 1.82) is 0 Å². The van der Waals surface area contributed by atoms with Crippen LogP contribution in [0.15, 0.2) is 35.3 Å². The Labute approximate surface area is 211 Å². The van der Waals surface area contributed by atoms with Crippen LogP contribution in [0.5, 0.6) is 0 Å². The van der Waals surface area contributed by atoms with Crippen molar-refractivity contribution >= 4 is 29.9 Å². The maximum atomic E-state index is 5.59. The summed E-state index contributed by atoms with van der Waals surface area (Å²) in [5.41, 5.74) is 1.44. The van der Waals surface area contributed by atoms with Crippen LogP contribution in [0.4, 0.5) is 0 Å². The number of rotatable bonds is 7. The average Bonchev–Trinajstić information content (AvgIpc) is 3.01. The lowest BCUT2D eigenvalue weighted by atomic mass is 9.96. The Morgan fingerprint density at radius 3 is 2.56 bits per heavy atom. The predicted molar refractivity (Wildman–Crippen MR) is 143 cm³/mol. The summed E-state index contributed by atoms with van der Waals surface area (Å²) < 4.78 is 5.59. The first-order valence-electron chi connectivity index (χ1n) is 12.3. The molecule has 4 unspecified atom stereocenters. The van der Waals surface area contributed by atoms with Crippen LogP contribution in [0.1, 0.15) is 52.0 Å². The Balaban J connectivity index is 0.00000289. The minimum absolute atomic E-state index is 0. The molecule has 4 rings (SSSR count). The number of guanidine groups is 1. The molecule has 2 bridgehead atoms. The number of nitrogens with one attached hydrogen (secondary N) is 2. The van der Waals surface area contributed by atoms with Crippen molar-refractivity contribution < 1.29 is 4.74 Å². The second kappa shape index (κ2) is 12.5. The van der Waals surface area contributed by atoms with E-state index in [-0.39, 0.29) is 24.0 Å². The summed E-state index contributed by atoms with van der Waals surface area (Å²) in [5.74, 6) is 0.983. The number of ether oxygens (including phenoxy) is 1. The highest BCUT2D eigenvalue weighted by Crippen LogP contribution is 2.36. The van der Waals surface area contributed by atoms with Crippen LogP contribution in [0.3, 0.4) is 0 Å². The lowest BCUT2D eigenvalue weighted by molar-refractivity contribution is -0.0166. The smallest absolute Gasteiger partial charge is 0.191 e. The van der Waals surface area contributed by atoms with Crippen LogP contribution < -0.4 is 10.6 Å². The van der Waals surface area contributed by atoms with Crippen molar-refractivity contribution in [3.05, 3.63) is 35.9 Å². The zero-order valence-electron chi connectivity index (χ0n) is 20.0. The van der Waals surface area contributed by atoms with E-state index in [1.54, 1.807) is 0 Å². The van der Waals surface area contributed by atoms with E-state index in [1.807, 2.05) is 0 Å². The fraction of sp³-hybridized carbons (Fsp3) is 0.720. The standard InChI is InChI=1S/C25H41N5O.HI/c1-4-26-25(27-16-19(2)29-12-13-31-18-20(29)3)28-22-14-23-10-11-24(15-22)30(23)17-21-8-6-5-7-9-21;/h5-9,19-20,22-24H,4,10-18H2,1-3H3,(H2,26,27,28);1H. The van der Waals surface area contributed by atoms with Crippen molar-refractivity contribution in [2.75, 3.05) is 32.8 Å². The molecular weight excluding hydrogens is 513 g/mol. The largest absolute Gasteiger partial charge is 0.379 e. The van der Waals surface area contributed by atoms with E-state index in [9.17, 15) is 0 Å². The molecule has 3 saturated heterocycles. The van der Waals surface area contributed by atoms with Gasteiger partial charge in [-0.3, -0.25) is 14.8 Å². The summed E-state index contributed by atoms with van der Waals surface area (Å²) in [4.78, 5) is 10.2. The van der Waals surface area contributed by atoms with E-state index in [2.05, 4.69) is 71.5 Å². The average molecular weight is 556 g/mol. The first kappa shape index (κ1) is 25.7. The maximum absolute atomic E-state index is 5.59. The molecule has 32 heavy (non-hydrogen) atoms. The first-order chi connectivity index (χ1) is 15.1. The van der Waals surface area contributed by atoms with Crippen LogP contribution >= 0.6 is 24.0 Å². The highest BCUT2D eigenvalue weighted by molar-refractivity contribution is 14.0. The molecule has 0 spiro atoms. The topological polar surface area (TPSA) is 52.1 Å². The summed E-state index contributed by atoms with van der Waals surface area (Å²) in [6, 6.07) is 13.7. The minimum atomic E-state index is 0. The van der Waals surface area contributed by atoms with Crippen LogP contribution in [-0.4, -0.2) is 78.8 Å². The summed E-state index contributed by atoms with van der Waals surface area (Å²) in [6.07, 6.45) is 5.08. The van der Waals surface area contributed by atoms with Crippen molar-refractivity contribution in [3.63, 3.8) is 0 Å². The van der Waals surface area contributed by atoms with Crippen LogP contribution in [-0.2, 0) is 11.3 Å². The third kappa shape index (κ3) is 6.58. The second-order valence-electron chi connectivity index (χ2n) is 9.59. The molecule has 1 aromatic rings. The van der Waals surface area contributed by atoms with Gasteiger partial charge in [-0.2, -0.15) is 0 Å². The van der Waals surface area contributed by atoms with Crippen molar-refractivity contribution in [3.8, 4) is 0 Å². The molecule has 0 saturated carbocycles. The molecule has 2 N–H and O–H groups in total. The van der Waals surface area contributed by atoms with Gasteiger partial charge in [-0.1, -0.05) is 30.3 Å². The zero-order valence-corrected chi connectivity index (χ0v) is 22.3. The van der Waals surface area contributed by atoms with Gasteiger partial charge in [0, 0.05) is 49.8 Å². The number of nitrogens with zero attached hydrogens (tertiary/aromatic N) is 3. The van der Waals surface area contributed by atoms with Crippen molar-refractivity contribution in [2.45, 2.75) is 83.2 Å². The first-order valence-corrected chi connectivity index (χ1v) is 12.3. The molecule has 0 aromatic heterocycles. The van der Waals surface area contributed by atoms with E-state index in [0.717, 1.165) is 45.4 Å². The van der Waals surface area contributed by atoms with Gasteiger partial charge in [0.1, 0.15) is 0 Å². The Morgan fingerprint density at radius 1 is 1.19 bits per heavy atom. The number of hydrogen-bond donors (Lipinski definition) is 2. The molecule has 3 aliphatic rings. The number of halogens is 1. The highest BCUT2D eigenvalue weighted by Gasteiger charge is 2.40. The molecule has 7 heteroatoms. The molecule has 3 heterocycles. The molecular formula is C25H42IN5O. The Kier molecular flexibility index (Phi) is 10.1. The molecule has 4 atom stereocenters.